The summed E-state index contributed by atoms with van der Waals surface area (Å²) in [7, 11) is 0. The summed E-state index contributed by atoms with van der Waals surface area (Å²) in [4.78, 5) is 11.7. The zero-order valence-corrected chi connectivity index (χ0v) is 18.9. The van der Waals surface area contributed by atoms with Gasteiger partial charge in [0, 0.05) is 39.1 Å². The maximum Gasteiger partial charge on any atom is 0.204 e. The molecule has 0 amide bonds. The van der Waals surface area contributed by atoms with E-state index >= 15 is 0 Å². The third-order valence-corrected chi connectivity index (χ3v) is 5.01. The number of imidazole rings is 1. The van der Waals surface area contributed by atoms with Gasteiger partial charge in [0.1, 0.15) is 6.26 Å². The zero-order chi connectivity index (χ0) is 17.9. The van der Waals surface area contributed by atoms with Gasteiger partial charge in [-0.15, -0.1) is 37.2 Å². The number of halogens is 3. The van der Waals surface area contributed by atoms with E-state index in [0.29, 0.717) is 18.5 Å². The van der Waals surface area contributed by atoms with Crippen LogP contribution in [0.2, 0.25) is 0 Å². The fourth-order valence-electron chi connectivity index (χ4n) is 3.65. The Kier molecular flexibility index (Phi) is 10.2. The fourth-order valence-corrected chi connectivity index (χ4v) is 3.65. The predicted molar refractivity (Wildman–Crippen MR) is 124 cm³/mol. The van der Waals surface area contributed by atoms with Crippen molar-refractivity contribution in [2.45, 2.75) is 32.4 Å². The van der Waals surface area contributed by atoms with Crippen LogP contribution in [0.3, 0.4) is 0 Å². The van der Waals surface area contributed by atoms with Gasteiger partial charge in [-0.25, -0.2) is 9.97 Å². The summed E-state index contributed by atoms with van der Waals surface area (Å²) in [6.07, 6.45) is 3.93. The lowest BCUT2D eigenvalue weighted by atomic mass is 10.1. The average Bonchev–Trinajstić information content (AvgIpc) is 3.21. The Morgan fingerprint density at radius 2 is 1.86 bits per heavy atom. The molecule has 3 aromatic rings. The van der Waals surface area contributed by atoms with Crippen LogP contribution in [0.1, 0.15) is 24.4 Å². The molecule has 1 aliphatic heterocycles. The van der Waals surface area contributed by atoms with E-state index in [2.05, 4.69) is 31.9 Å². The molecule has 1 aromatic carbocycles. The van der Waals surface area contributed by atoms with Crippen molar-refractivity contribution < 1.29 is 4.42 Å². The van der Waals surface area contributed by atoms with Gasteiger partial charge in [0.05, 0.1) is 23.3 Å². The number of rotatable bonds is 6. The monoisotopic (exact) mass is 462 g/mol. The van der Waals surface area contributed by atoms with Crippen LogP contribution >= 0.6 is 37.2 Å². The Hall–Kier alpha value is -1.51. The number of aromatic nitrogens is 3. The van der Waals surface area contributed by atoms with Gasteiger partial charge in [-0.1, -0.05) is 12.1 Å². The molecule has 2 aromatic heterocycles. The van der Waals surface area contributed by atoms with Crippen LogP contribution in [-0.2, 0) is 6.54 Å². The molecule has 1 fully saturated rings. The highest BCUT2D eigenvalue weighted by Crippen LogP contribution is 2.23. The Labute approximate surface area is 189 Å². The second-order valence-corrected chi connectivity index (χ2v) is 6.92. The molecule has 0 unspecified atom stereocenters. The van der Waals surface area contributed by atoms with Crippen molar-refractivity contribution >= 4 is 54.2 Å². The van der Waals surface area contributed by atoms with Crippen molar-refractivity contribution in [3.8, 4) is 0 Å². The highest BCUT2D eigenvalue weighted by molar-refractivity contribution is 5.86. The van der Waals surface area contributed by atoms with E-state index in [0.717, 1.165) is 61.7 Å². The maximum absolute atomic E-state index is 5.67. The lowest BCUT2D eigenvalue weighted by Crippen LogP contribution is -2.41. The molecule has 162 valence electrons. The second-order valence-electron chi connectivity index (χ2n) is 6.92. The predicted octanol–water partition coefficient (Wildman–Crippen LogP) is 3.48. The molecule has 0 atom stereocenters. The molecule has 0 radical (unpaired) electrons. The minimum atomic E-state index is 0. The molecule has 7 nitrogen and oxygen atoms in total. The minimum Gasteiger partial charge on any atom is -0.449 e. The summed E-state index contributed by atoms with van der Waals surface area (Å²) in [6.45, 7) is 6.38. The Bertz CT molecular complexity index is 876. The van der Waals surface area contributed by atoms with Crippen molar-refractivity contribution in [2.75, 3.05) is 31.5 Å². The first-order valence-electron chi connectivity index (χ1n) is 9.28. The third kappa shape index (κ3) is 5.99. The fraction of sp³-hybridized carbons (Fsp3) is 0.474. The molecule has 4 rings (SSSR count). The summed E-state index contributed by atoms with van der Waals surface area (Å²) < 4.78 is 7.56. The normalized spacial score (nSPS) is 14.7. The first-order valence-corrected chi connectivity index (χ1v) is 9.28. The van der Waals surface area contributed by atoms with E-state index in [1.807, 2.05) is 19.1 Å². The van der Waals surface area contributed by atoms with Crippen LogP contribution in [0.4, 0.5) is 5.95 Å². The van der Waals surface area contributed by atoms with Gasteiger partial charge in [0.15, 0.2) is 5.89 Å². The van der Waals surface area contributed by atoms with Gasteiger partial charge in [0.25, 0.3) is 0 Å². The van der Waals surface area contributed by atoms with Gasteiger partial charge in [-0.2, -0.15) is 0 Å². The summed E-state index contributed by atoms with van der Waals surface area (Å²) >= 11 is 0. The molecule has 29 heavy (non-hydrogen) atoms. The number of benzene rings is 1. The van der Waals surface area contributed by atoms with Crippen LogP contribution in [0.5, 0.6) is 0 Å². The SMILES string of the molecule is Cc1nc(Cn2c(NC3CCN(CCN)CC3)nc3ccccc32)co1.Cl.Cl.Cl. The van der Waals surface area contributed by atoms with Crippen LogP contribution in [0.15, 0.2) is 34.9 Å². The third-order valence-electron chi connectivity index (χ3n) is 5.01. The summed E-state index contributed by atoms with van der Waals surface area (Å²) in [5.41, 5.74) is 8.68. The molecule has 0 saturated carbocycles. The van der Waals surface area contributed by atoms with Gasteiger partial charge in [-0.3, -0.25) is 0 Å². The van der Waals surface area contributed by atoms with E-state index in [1.54, 1.807) is 6.26 Å². The number of para-hydroxylation sites is 2. The number of nitrogens with one attached hydrogen (secondary N) is 1. The molecule has 1 saturated heterocycles. The Balaban J connectivity index is 0.00000140. The Morgan fingerprint density at radius 3 is 2.52 bits per heavy atom. The molecule has 0 aliphatic carbocycles. The van der Waals surface area contributed by atoms with E-state index in [1.165, 1.54) is 0 Å². The average molecular weight is 464 g/mol. The summed E-state index contributed by atoms with van der Waals surface area (Å²) in [5.74, 6) is 1.59. The van der Waals surface area contributed by atoms with E-state index in [4.69, 9.17) is 15.1 Å². The number of hydrogen-bond donors (Lipinski definition) is 2. The summed E-state index contributed by atoms with van der Waals surface area (Å²) in [5, 5.41) is 3.66. The van der Waals surface area contributed by atoms with E-state index in [-0.39, 0.29) is 37.2 Å². The van der Waals surface area contributed by atoms with Crippen LogP contribution in [-0.4, -0.2) is 51.7 Å². The van der Waals surface area contributed by atoms with Gasteiger partial charge >= 0.3 is 0 Å². The molecule has 3 N–H and O–H groups in total. The van der Waals surface area contributed by atoms with Crippen molar-refractivity contribution in [2.24, 2.45) is 5.73 Å². The van der Waals surface area contributed by atoms with E-state index < -0.39 is 0 Å². The zero-order valence-electron chi connectivity index (χ0n) is 16.4. The van der Waals surface area contributed by atoms with Crippen molar-refractivity contribution in [3.63, 3.8) is 0 Å². The minimum absolute atomic E-state index is 0. The summed E-state index contributed by atoms with van der Waals surface area (Å²) in [6, 6.07) is 8.65. The lowest BCUT2D eigenvalue weighted by molar-refractivity contribution is 0.224. The van der Waals surface area contributed by atoms with Crippen LogP contribution in [0, 0.1) is 6.92 Å². The van der Waals surface area contributed by atoms with E-state index in [9.17, 15) is 0 Å². The molecule has 0 bridgehead atoms. The largest absolute Gasteiger partial charge is 0.449 e. The van der Waals surface area contributed by atoms with Gasteiger partial charge in [-0.05, 0) is 25.0 Å². The molecule has 0 spiro atoms. The quantitative estimate of drug-likeness (QED) is 0.582. The number of hydrogen-bond acceptors (Lipinski definition) is 6. The van der Waals surface area contributed by atoms with Crippen molar-refractivity contribution in [3.05, 3.63) is 42.1 Å². The number of likely N-dealkylation sites (tertiary alicyclic amines) is 1. The lowest BCUT2D eigenvalue weighted by Gasteiger charge is -2.32. The number of nitrogens with two attached hydrogens (primary N) is 1. The molecular formula is C19H29Cl3N6O. The highest BCUT2D eigenvalue weighted by atomic mass is 35.5. The first kappa shape index (κ1) is 25.5. The Morgan fingerprint density at radius 1 is 1.14 bits per heavy atom. The second kappa shape index (κ2) is 11.6. The number of piperidine rings is 1. The molecule has 3 heterocycles. The number of anilines is 1. The number of nitrogens with zero attached hydrogens (tertiary/aromatic N) is 4. The molecular weight excluding hydrogens is 435 g/mol. The highest BCUT2D eigenvalue weighted by Gasteiger charge is 2.21. The van der Waals surface area contributed by atoms with Crippen LogP contribution < -0.4 is 11.1 Å². The molecule has 1 aliphatic rings. The first-order chi connectivity index (χ1) is 12.7. The van der Waals surface area contributed by atoms with Gasteiger partial charge in [0.2, 0.25) is 5.95 Å². The molecule has 10 heteroatoms. The standard InChI is InChI=1S/C19H26N6O.3ClH/c1-14-21-16(13-26-14)12-25-18-5-3-2-4-17(18)23-19(25)22-15-6-9-24(10-7-15)11-8-20;;;/h2-5,13,15H,6-12,20H2,1H3,(H,22,23);3*1H. The number of oxazole rings is 1. The van der Waals surface area contributed by atoms with Gasteiger partial charge < -0.3 is 24.9 Å². The number of fused-ring (bicyclic) bond motifs is 1. The smallest absolute Gasteiger partial charge is 0.204 e. The van der Waals surface area contributed by atoms with Crippen molar-refractivity contribution in [1.82, 2.24) is 19.4 Å². The maximum atomic E-state index is 5.67. The topological polar surface area (TPSA) is 85.1 Å². The number of aryl methyl sites for hydroxylation is 1. The van der Waals surface area contributed by atoms with Crippen molar-refractivity contribution in [1.29, 1.82) is 0 Å². The van der Waals surface area contributed by atoms with Crippen LogP contribution in [0.25, 0.3) is 11.0 Å².